The number of carbonyl (C=O) groups is 1. The highest BCUT2D eigenvalue weighted by Crippen LogP contribution is 2.32. The molecule has 0 spiro atoms. The monoisotopic (exact) mass is 206 g/mol. The second kappa shape index (κ2) is 3.93. The number of ketones is 1. The minimum atomic E-state index is 0.117. The number of aromatic hydroxyl groups is 1. The average molecular weight is 206 g/mol. The van der Waals surface area contributed by atoms with Crippen LogP contribution in [0.1, 0.15) is 35.2 Å². The maximum Gasteiger partial charge on any atom is 0.163 e. The van der Waals surface area contributed by atoms with Crippen LogP contribution in [-0.4, -0.2) is 18.0 Å². The molecule has 3 heteroatoms. The molecule has 1 aliphatic carbocycles. The number of hydrogen-bond acceptors (Lipinski definition) is 3. The number of phenolic OH excluding ortho intramolecular Hbond substituents is 1. The van der Waals surface area contributed by atoms with Crippen LogP contribution in [0.3, 0.4) is 0 Å². The molecule has 1 N–H and O–H groups in total. The van der Waals surface area contributed by atoms with Crippen molar-refractivity contribution in [3.63, 3.8) is 0 Å². The van der Waals surface area contributed by atoms with E-state index in [1.54, 1.807) is 12.1 Å². The molecule has 15 heavy (non-hydrogen) atoms. The molecule has 0 aromatic heterocycles. The van der Waals surface area contributed by atoms with E-state index in [2.05, 4.69) is 0 Å². The molecule has 0 bridgehead atoms. The summed E-state index contributed by atoms with van der Waals surface area (Å²) in [5.41, 5.74) is 1.65. The van der Waals surface area contributed by atoms with E-state index in [0.29, 0.717) is 17.7 Å². The smallest absolute Gasteiger partial charge is 0.163 e. The Hall–Kier alpha value is -1.51. The highest BCUT2D eigenvalue weighted by molar-refractivity contribution is 5.98. The first kappa shape index (κ1) is 10.0. The van der Waals surface area contributed by atoms with Gasteiger partial charge >= 0.3 is 0 Å². The van der Waals surface area contributed by atoms with Crippen molar-refractivity contribution in [1.29, 1.82) is 0 Å². The SMILES string of the molecule is COc1cc2c(cc1O)CCCCC2=O. The maximum atomic E-state index is 11.7. The summed E-state index contributed by atoms with van der Waals surface area (Å²) in [7, 11) is 1.49. The van der Waals surface area contributed by atoms with Crippen LogP contribution < -0.4 is 4.74 Å². The van der Waals surface area contributed by atoms with Gasteiger partial charge in [-0.2, -0.15) is 0 Å². The molecule has 1 aliphatic rings. The number of aryl methyl sites for hydroxylation is 1. The van der Waals surface area contributed by atoms with E-state index >= 15 is 0 Å². The van der Waals surface area contributed by atoms with Crippen molar-refractivity contribution in [2.24, 2.45) is 0 Å². The fourth-order valence-electron chi connectivity index (χ4n) is 1.98. The Morgan fingerprint density at radius 2 is 2.00 bits per heavy atom. The van der Waals surface area contributed by atoms with Crippen LogP contribution in [0.5, 0.6) is 11.5 Å². The summed E-state index contributed by atoms with van der Waals surface area (Å²) >= 11 is 0. The normalized spacial score (nSPS) is 15.7. The molecule has 0 atom stereocenters. The van der Waals surface area contributed by atoms with Crippen molar-refractivity contribution < 1.29 is 14.6 Å². The first-order valence-electron chi connectivity index (χ1n) is 5.15. The number of Topliss-reactive ketones (excluding diaryl/α,β-unsaturated/α-hetero) is 1. The Morgan fingerprint density at radius 3 is 2.73 bits per heavy atom. The summed E-state index contributed by atoms with van der Waals surface area (Å²) < 4.78 is 5.00. The molecule has 0 fully saturated rings. The van der Waals surface area contributed by atoms with Crippen LogP contribution in [0, 0.1) is 0 Å². The average Bonchev–Trinajstić information content (AvgIpc) is 2.40. The molecule has 2 rings (SSSR count). The summed E-state index contributed by atoms with van der Waals surface area (Å²) in [5.74, 6) is 0.649. The third-order valence-electron chi connectivity index (χ3n) is 2.81. The lowest BCUT2D eigenvalue weighted by Crippen LogP contribution is -2.01. The van der Waals surface area contributed by atoms with Crippen LogP contribution in [-0.2, 0) is 6.42 Å². The van der Waals surface area contributed by atoms with Gasteiger partial charge in [-0.15, -0.1) is 0 Å². The largest absolute Gasteiger partial charge is 0.504 e. The topological polar surface area (TPSA) is 46.5 Å². The first-order chi connectivity index (χ1) is 7.22. The van der Waals surface area contributed by atoms with Crippen molar-refractivity contribution in [3.05, 3.63) is 23.3 Å². The molecule has 0 heterocycles. The summed E-state index contributed by atoms with van der Waals surface area (Å²) in [6.45, 7) is 0. The highest BCUT2D eigenvalue weighted by Gasteiger charge is 2.18. The summed E-state index contributed by atoms with van der Waals surface area (Å²) in [4.78, 5) is 11.7. The third kappa shape index (κ3) is 1.82. The Bertz CT molecular complexity index is 396. The van der Waals surface area contributed by atoms with Gasteiger partial charge in [0.05, 0.1) is 7.11 Å². The van der Waals surface area contributed by atoms with E-state index < -0.39 is 0 Å². The number of hydrogen-bond donors (Lipinski definition) is 1. The number of rotatable bonds is 1. The summed E-state index contributed by atoms with van der Waals surface area (Å²) in [6, 6.07) is 3.30. The lowest BCUT2D eigenvalue weighted by Gasteiger charge is -2.09. The maximum absolute atomic E-state index is 11.7. The zero-order valence-electron chi connectivity index (χ0n) is 8.75. The molecule has 0 saturated heterocycles. The Balaban J connectivity index is 2.52. The van der Waals surface area contributed by atoms with E-state index in [1.165, 1.54) is 7.11 Å². The predicted molar refractivity (Wildman–Crippen MR) is 56.5 cm³/mol. The zero-order chi connectivity index (χ0) is 10.8. The zero-order valence-corrected chi connectivity index (χ0v) is 8.75. The number of methoxy groups -OCH3 is 1. The minimum absolute atomic E-state index is 0.117. The molecular weight excluding hydrogens is 192 g/mol. The molecular formula is C12H14O3. The van der Waals surface area contributed by atoms with Gasteiger partial charge in [0.15, 0.2) is 17.3 Å². The molecule has 0 unspecified atom stereocenters. The highest BCUT2D eigenvalue weighted by atomic mass is 16.5. The minimum Gasteiger partial charge on any atom is -0.504 e. The van der Waals surface area contributed by atoms with Crippen molar-refractivity contribution in [2.75, 3.05) is 7.11 Å². The van der Waals surface area contributed by atoms with Crippen LogP contribution >= 0.6 is 0 Å². The lowest BCUT2D eigenvalue weighted by atomic mass is 10.0. The fraction of sp³-hybridized carbons (Fsp3) is 0.417. The molecule has 0 amide bonds. The van der Waals surface area contributed by atoms with Gasteiger partial charge < -0.3 is 9.84 Å². The van der Waals surface area contributed by atoms with Crippen LogP contribution in [0.4, 0.5) is 0 Å². The Labute approximate surface area is 88.7 Å². The van der Waals surface area contributed by atoms with Crippen molar-refractivity contribution in [1.82, 2.24) is 0 Å². The first-order valence-corrected chi connectivity index (χ1v) is 5.15. The molecule has 1 aromatic carbocycles. The van der Waals surface area contributed by atoms with Gasteiger partial charge in [-0.1, -0.05) is 0 Å². The Morgan fingerprint density at radius 1 is 1.27 bits per heavy atom. The number of phenols is 1. The van der Waals surface area contributed by atoms with Gasteiger partial charge in [0.1, 0.15) is 0 Å². The molecule has 0 aliphatic heterocycles. The number of carbonyl (C=O) groups excluding carboxylic acids is 1. The lowest BCUT2D eigenvalue weighted by molar-refractivity contribution is 0.0981. The van der Waals surface area contributed by atoms with Gasteiger partial charge in [0.25, 0.3) is 0 Å². The second-order valence-corrected chi connectivity index (χ2v) is 3.81. The molecule has 1 aromatic rings. The molecule has 3 nitrogen and oxygen atoms in total. The van der Waals surface area contributed by atoms with Crippen molar-refractivity contribution in [2.45, 2.75) is 25.7 Å². The quantitative estimate of drug-likeness (QED) is 0.717. The second-order valence-electron chi connectivity index (χ2n) is 3.81. The van der Waals surface area contributed by atoms with E-state index in [1.807, 2.05) is 0 Å². The van der Waals surface area contributed by atoms with Crippen LogP contribution in [0.25, 0.3) is 0 Å². The van der Waals surface area contributed by atoms with Crippen molar-refractivity contribution >= 4 is 5.78 Å². The fourth-order valence-corrected chi connectivity index (χ4v) is 1.98. The molecule has 80 valence electrons. The Kier molecular flexibility index (Phi) is 2.62. The summed E-state index contributed by atoms with van der Waals surface area (Å²) in [5, 5.41) is 9.61. The summed E-state index contributed by atoms with van der Waals surface area (Å²) in [6.07, 6.45) is 3.39. The van der Waals surface area contributed by atoms with Gasteiger partial charge in [0, 0.05) is 12.0 Å². The molecule has 0 radical (unpaired) electrons. The van der Waals surface area contributed by atoms with Gasteiger partial charge in [-0.25, -0.2) is 0 Å². The standard InChI is InChI=1S/C12H14O3/c1-15-12-7-9-8(6-11(12)14)4-2-3-5-10(9)13/h6-7,14H,2-5H2,1H3. The molecule has 0 saturated carbocycles. The van der Waals surface area contributed by atoms with E-state index in [4.69, 9.17) is 4.74 Å². The van der Waals surface area contributed by atoms with E-state index in [0.717, 1.165) is 24.8 Å². The van der Waals surface area contributed by atoms with Gasteiger partial charge in [-0.3, -0.25) is 4.79 Å². The van der Waals surface area contributed by atoms with E-state index in [9.17, 15) is 9.90 Å². The third-order valence-corrected chi connectivity index (χ3v) is 2.81. The number of fused-ring (bicyclic) bond motifs is 1. The van der Waals surface area contributed by atoms with Crippen LogP contribution in [0.2, 0.25) is 0 Å². The van der Waals surface area contributed by atoms with Gasteiger partial charge in [0.2, 0.25) is 0 Å². The predicted octanol–water partition coefficient (Wildman–Crippen LogP) is 2.31. The van der Waals surface area contributed by atoms with Crippen LogP contribution in [0.15, 0.2) is 12.1 Å². The number of ether oxygens (including phenoxy) is 1. The van der Waals surface area contributed by atoms with Gasteiger partial charge in [-0.05, 0) is 37.0 Å². The number of benzene rings is 1. The van der Waals surface area contributed by atoms with Crippen molar-refractivity contribution in [3.8, 4) is 11.5 Å². The van der Waals surface area contributed by atoms with E-state index in [-0.39, 0.29) is 11.5 Å².